The molecule has 3 heteroatoms. The second-order valence-electron chi connectivity index (χ2n) is 5.87. The number of rotatable bonds is 5. The zero-order valence-electron chi connectivity index (χ0n) is 11.6. The molecule has 1 aliphatic carbocycles. The van der Waals surface area contributed by atoms with Gasteiger partial charge in [0.1, 0.15) is 5.75 Å². The molecule has 0 spiro atoms. The number of ether oxygens (including phenoxy) is 1. The van der Waals surface area contributed by atoms with Crippen LogP contribution in [0.15, 0.2) is 22.7 Å². The van der Waals surface area contributed by atoms with Crippen LogP contribution in [0.3, 0.4) is 0 Å². The molecule has 0 bridgehead atoms. The summed E-state index contributed by atoms with van der Waals surface area (Å²) in [6.07, 6.45) is 2.41. The third kappa shape index (κ3) is 2.89. The van der Waals surface area contributed by atoms with Crippen LogP contribution in [0.2, 0.25) is 0 Å². The molecule has 0 saturated heterocycles. The largest absolute Gasteiger partial charge is 0.496 e. The first-order chi connectivity index (χ1) is 8.47. The second kappa shape index (κ2) is 5.22. The Morgan fingerprint density at radius 2 is 2.17 bits per heavy atom. The Morgan fingerprint density at radius 3 is 2.61 bits per heavy atom. The van der Waals surface area contributed by atoms with Crippen LogP contribution in [-0.2, 0) is 6.42 Å². The van der Waals surface area contributed by atoms with Crippen molar-refractivity contribution in [2.24, 2.45) is 11.3 Å². The quantitative estimate of drug-likeness (QED) is 0.896. The van der Waals surface area contributed by atoms with Crippen LogP contribution >= 0.6 is 15.9 Å². The molecule has 0 aromatic heterocycles. The van der Waals surface area contributed by atoms with Crippen molar-refractivity contribution in [2.45, 2.75) is 32.7 Å². The molecule has 2 nitrogen and oxygen atoms in total. The maximum Gasteiger partial charge on any atom is 0.133 e. The van der Waals surface area contributed by atoms with E-state index in [9.17, 15) is 0 Å². The van der Waals surface area contributed by atoms with Crippen LogP contribution in [0.5, 0.6) is 5.75 Å². The van der Waals surface area contributed by atoms with Gasteiger partial charge in [0.2, 0.25) is 0 Å². The minimum atomic E-state index is 0.511. The molecular formula is C15H22BrNO. The van der Waals surface area contributed by atoms with Crippen molar-refractivity contribution in [2.75, 3.05) is 14.2 Å². The molecule has 2 atom stereocenters. The van der Waals surface area contributed by atoms with Gasteiger partial charge in [-0.15, -0.1) is 0 Å². The lowest BCUT2D eigenvalue weighted by Gasteiger charge is -2.18. The molecule has 100 valence electrons. The number of likely N-dealkylation sites (N-methyl/N-ethyl adjacent to an activating group) is 1. The van der Waals surface area contributed by atoms with Crippen molar-refractivity contribution in [3.05, 3.63) is 28.2 Å². The Bertz CT molecular complexity index is 431. The number of halogens is 1. The summed E-state index contributed by atoms with van der Waals surface area (Å²) in [6.45, 7) is 4.71. The van der Waals surface area contributed by atoms with Crippen molar-refractivity contribution >= 4 is 15.9 Å². The van der Waals surface area contributed by atoms with Gasteiger partial charge in [-0.1, -0.05) is 19.9 Å². The SMILES string of the molecule is CNC(Cc1ccc(OC)c(Br)c1)C1CC1(C)C. The maximum absolute atomic E-state index is 5.26. The first kappa shape index (κ1) is 13.9. The van der Waals surface area contributed by atoms with Crippen LogP contribution in [0.4, 0.5) is 0 Å². The molecule has 1 saturated carbocycles. The van der Waals surface area contributed by atoms with Crippen molar-refractivity contribution in [3.63, 3.8) is 0 Å². The molecule has 2 unspecified atom stereocenters. The van der Waals surface area contributed by atoms with Gasteiger partial charge >= 0.3 is 0 Å². The molecule has 1 aromatic rings. The van der Waals surface area contributed by atoms with Gasteiger partial charge in [0.25, 0.3) is 0 Å². The highest BCUT2D eigenvalue weighted by atomic mass is 79.9. The monoisotopic (exact) mass is 311 g/mol. The van der Waals surface area contributed by atoms with E-state index in [0.717, 1.165) is 22.6 Å². The fourth-order valence-corrected chi connectivity index (χ4v) is 3.32. The first-order valence-electron chi connectivity index (χ1n) is 6.47. The van der Waals surface area contributed by atoms with Gasteiger partial charge in [0.15, 0.2) is 0 Å². The van der Waals surface area contributed by atoms with E-state index in [1.807, 2.05) is 6.07 Å². The fraction of sp³-hybridized carbons (Fsp3) is 0.600. The number of hydrogen-bond donors (Lipinski definition) is 1. The molecule has 2 rings (SSSR count). The van der Waals surface area contributed by atoms with E-state index < -0.39 is 0 Å². The predicted molar refractivity (Wildman–Crippen MR) is 79.1 cm³/mol. The molecule has 1 aliphatic rings. The third-order valence-corrected chi connectivity index (χ3v) is 4.74. The van der Waals surface area contributed by atoms with Crippen LogP contribution in [0.1, 0.15) is 25.8 Å². The predicted octanol–water partition coefficient (Wildman–Crippen LogP) is 3.63. The van der Waals surface area contributed by atoms with Gasteiger partial charge < -0.3 is 10.1 Å². The van der Waals surface area contributed by atoms with E-state index in [4.69, 9.17) is 4.74 Å². The Labute approximate surface area is 118 Å². The summed E-state index contributed by atoms with van der Waals surface area (Å²) < 4.78 is 6.30. The molecule has 0 heterocycles. The molecule has 1 fully saturated rings. The lowest BCUT2D eigenvalue weighted by Crippen LogP contribution is -2.31. The van der Waals surface area contributed by atoms with Gasteiger partial charge in [-0.25, -0.2) is 0 Å². The second-order valence-corrected chi connectivity index (χ2v) is 6.72. The van der Waals surface area contributed by atoms with Crippen LogP contribution in [0, 0.1) is 11.3 Å². The molecule has 1 aromatic carbocycles. The molecule has 18 heavy (non-hydrogen) atoms. The third-order valence-electron chi connectivity index (χ3n) is 4.12. The average molecular weight is 312 g/mol. The summed E-state index contributed by atoms with van der Waals surface area (Å²) in [5.74, 6) is 1.69. The summed E-state index contributed by atoms with van der Waals surface area (Å²) in [5.41, 5.74) is 1.86. The zero-order valence-corrected chi connectivity index (χ0v) is 13.2. The smallest absolute Gasteiger partial charge is 0.133 e. The van der Waals surface area contributed by atoms with Crippen LogP contribution in [0.25, 0.3) is 0 Å². The minimum absolute atomic E-state index is 0.511. The molecule has 1 N–H and O–H groups in total. The minimum Gasteiger partial charge on any atom is -0.496 e. The number of benzene rings is 1. The Morgan fingerprint density at radius 1 is 1.50 bits per heavy atom. The summed E-state index contributed by atoms with van der Waals surface area (Å²) >= 11 is 3.55. The van der Waals surface area contributed by atoms with Crippen molar-refractivity contribution in [1.29, 1.82) is 0 Å². The number of methoxy groups -OCH3 is 1. The van der Waals surface area contributed by atoms with Crippen molar-refractivity contribution < 1.29 is 4.74 Å². The van der Waals surface area contributed by atoms with E-state index in [-0.39, 0.29) is 0 Å². The normalized spacial score (nSPS) is 22.6. The highest BCUT2D eigenvalue weighted by molar-refractivity contribution is 9.10. The highest BCUT2D eigenvalue weighted by Gasteiger charge is 2.49. The van der Waals surface area contributed by atoms with Gasteiger partial charge in [0.05, 0.1) is 11.6 Å². The summed E-state index contributed by atoms with van der Waals surface area (Å²) in [7, 11) is 3.76. The van der Waals surface area contributed by atoms with Crippen molar-refractivity contribution in [3.8, 4) is 5.75 Å². The fourth-order valence-electron chi connectivity index (χ4n) is 2.73. The van der Waals surface area contributed by atoms with Gasteiger partial charge in [-0.05, 0) is 64.8 Å². The van der Waals surface area contributed by atoms with E-state index in [1.54, 1.807) is 7.11 Å². The maximum atomic E-state index is 5.26. The Balaban J connectivity index is 2.06. The van der Waals surface area contributed by atoms with E-state index in [0.29, 0.717) is 11.5 Å². The summed E-state index contributed by atoms with van der Waals surface area (Å²) in [6, 6.07) is 6.92. The lowest BCUT2D eigenvalue weighted by atomic mass is 9.97. The Kier molecular flexibility index (Phi) is 4.02. The van der Waals surface area contributed by atoms with Gasteiger partial charge in [-0.2, -0.15) is 0 Å². The van der Waals surface area contributed by atoms with E-state index >= 15 is 0 Å². The van der Waals surface area contributed by atoms with Gasteiger partial charge in [0, 0.05) is 6.04 Å². The first-order valence-corrected chi connectivity index (χ1v) is 7.27. The van der Waals surface area contributed by atoms with Gasteiger partial charge in [-0.3, -0.25) is 0 Å². The topological polar surface area (TPSA) is 21.3 Å². The number of nitrogens with one attached hydrogen (secondary N) is 1. The molecular weight excluding hydrogens is 290 g/mol. The molecule has 0 aliphatic heterocycles. The number of hydrogen-bond acceptors (Lipinski definition) is 2. The standard InChI is InChI=1S/C15H22BrNO/c1-15(2)9-11(15)13(17-3)8-10-5-6-14(18-4)12(16)7-10/h5-7,11,13,17H,8-9H2,1-4H3. The van der Waals surface area contributed by atoms with Crippen molar-refractivity contribution in [1.82, 2.24) is 5.32 Å². The summed E-state index contributed by atoms with van der Waals surface area (Å²) in [4.78, 5) is 0. The van der Waals surface area contributed by atoms with E-state index in [2.05, 4.69) is 54.3 Å². The highest BCUT2D eigenvalue weighted by Crippen LogP contribution is 2.54. The summed E-state index contributed by atoms with van der Waals surface area (Å²) in [5, 5.41) is 3.47. The molecule has 0 radical (unpaired) electrons. The lowest BCUT2D eigenvalue weighted by molar-refractivity contribution is 0.410. The van der Waals surface area contributed by atoms with E-state index in [1.165, 1.54) is 12.0 Å². The molecule has 0 amide bonds. The average Bonchev–Trinajstić information content (AvgIpc) is 2.95. The zero-order chi connectivity index (χ0) is 13.3. The van der Waals surface area contributed by atoms with Crippen LogP contribution < -0.4 is 10.1 Å². The Hall–Kier alpha value is -0.540. The van der Waals surface area contributed by atoms with Crippen LogP contribution in [-0.4, -0.2) is 20.2 Å².